The van der Waals surface area contributed by atoms with Crippen molar-refractivity contribution in [3.63, 3.8) is 0 Å². The largest absolute Gasteiger partial charge is 0.475 e. The summed E-state index contributed by atoms with van der Waals surface area (Å²) in [5, 5.41) is 20.4. The maximum absolute atomic E-state index is 10.5. The van der Waals surface area contributed by atoms with Gasteiger partial charge in [-0.3, -0.25) is 0 Å². The predicted octanol–water partition coefficient (Wildman–Crippen LogP) is 0.838. The lowest BCUT2D eigenvalue weighted by molar-refractivity contribution is 0.0660. The van der Waals surface area contributed by atoms with Gasteiger partial charge in [-0.25, -0.2) is 4.79 Å². The highest BCUT2D eigenvalue weighted by atomic mass is 16.4. The van der Waals surface area contributed by atoms with E-state index in [2.05, 4.69) is 5.32 Å². The third-order valence-corrected chi connectivity index (χ3v) is 2.06. The Kier molecular flexibility index (Phi) is 4.33. The molecule has 1 atom stereocenters. The molecule has 0 aliphatic rings. The Morgan fingerprint density at radius 3 is 2.87 bits per heavy atom. The van der Waals surface area contributed by atoms with Crippen LogP contribution in [0.1, 0.15) is 29.7 Å². The quantitative estimate of drug-likeness (QED) is 0.652. The van der Waals surface area contributed by atoms with Crippen LogP contribution in [0.4, 0.5) is 0 Å². The number of aliphatic hydroxyl groups excluding tert-OH is 1. The van der Waals surface area contributed by atoms with Gasteiger partial charge in [-0.15, -0.1) is 0 Å². The summed E-state index contributed by atoms with van der Waals surface area (Å²) < 4.78 is 5.05. The van der Waals surface area contributed by atoms with Crippen molar-refractivity contribution in [3.05, 3.63) is 23.7 Å². The number of carboxylic acid groups (broad SMARTS) is 1. The van der Waals surface area contributed by atoms with Crippen LogP contribution in [0.25, 0.3) is 0 Å². The SMILES string of the molecule is CC(CCO)NCc1ccc(C(=O)O)o1. The molecule has 84 valence electrons. The van der Waals surface area contributed by atoms with Crippen LogP contribution in [0.15, 0.2) is 16.5 Å². The lowest BCUT2D eigenvalue weighted by Crippen LogP contribution is -2.26. The zero-order valence-corrected chi connectivity index (χ0v) is 8.56. The smallest absolute Gasteiger partial charge is 0.371 e. The second-order valence-electron chi connectivity index (χ2n) is 3.37. The van der Waals surface area contributed by atoms with E-state index < -0.39 is 5.97 Å². The molecule has 0 fully saturated rings. The summed E-state index contributed by atoms with van der Waals surface area (Å²) in [7, 11) is 0. The zero-order chi connectivity index (χ0) is 11.3. The average molecular weight is 213 g/mol. The number of hydrogen-bond donors (Lipinski definition) is 3. The minimum absolute atomic E-state index is 0.0541. The van der Waals surface area contributed by atoms with Gasteiger partial charge in [0.25, 0.3) is 0 Å². The molecule has 0 bridgehead atoms. The zero-order valence-electron chi connectivity index (χ0n) is 8.56. The van der Waals surface area contributed by atoms with Crippen molar-refractivity contribution in [2.75, 3.05) is 6.61 Å². The molecule has 1 rings (SSSR count). The first-order valence-corrected chi connectivity index (χ1v) is 4.79. The molecule has 5 heteroatoms. The van der Waals surface area contributed by atoms with Gasteiger partial charge in [-0.2, -0.15) is 0 Å². The van der Waals surface area contributed by atoms with Crippen LogP contribution in [0.5, 0.6) is 0 Å². The molecule has 0 spiro atoms. The third kappa shape index (κ3) is 3.73. The fourth-order valence-electron chi connectivity index (χ4n) is 1.16. The summed E-state index contributed by atoms with van der Waals surface area (Å²) in [4.78, 5) is 10.5. The standard InChI is InChI=1S/C10H15NO4/c1-7(4-5-12)11-6-8-2-3-9(15-8)10(13)14/h2-3,7,11-12H,4-6H2,1H3,(H,13,14). The Hall–Kier alpha value is -1.33. The van der Waals surface area contributed by atoms with Crippen molar-refractivity contribution in [3.8, 4) is 0 Å². The lowest BCUT2D eigenvalue weighted by atomic mass is 10.2. The number of carboxylic acids is 1. The number of rotatable bonds is 6. The molecule has 1 heterocycles. The van der Waals surface area contributed by atoms with Crippen molar-refractivity contribution in [1.82, 2.24) is 5.32 Å². The van der Waals surface area contributed by atoms with Crippen LogP contribution in [-0.2, 0) is 6.54 Å². The second kappa shape index (κ2) is 5.53. The molecule has 5 nitrogen and oxygen atoms in total. The van der Waals surface area contributed by atoms with E-state index in [0.29, 0.717) is 18.7 Å². The predicted molar refractivity (Wildman–Crippen MR) is 53.7 cm³/mol. The fourth-order valence-corrected chi connectivity index (χ4v) is 1.16. The topological polar surface area (TPSA) is 82.7 Å². The van der Waals surface area contributed by atoms with Gasteiger partial charge < -0.3 is 19.9 Å². The molecule has 0 aliphatic heterocycles. The molecule has 1 aromatic heterocycles. The summed E-state index contributed by atoms with van der Waals surface area (Å²) >= 11 is 0. The Labute approximate surface area is 87.7 Å². The first-order chi connectivity index (χ1) is 7.13. The minimum atomic E-state index is -1.07. The van der Waals surface area contributed by atoms with Crippen molar-refractivity contribution in [1.29, 1.82) is 0 Å². The second-order valence-corrected chi connectivity index (χ2v) is 3.37. The Morgan fingerprint density at radius 1 is 1.60 bits per heavy atom. The molecule has 0 saturated heterocycles. The number of aliphatic hydroxyl groups is 1. The third-order valence-electron chi connectivity index (χ3n) is 2.06. The number of furan rings is 1. The highest BCUT2D eigenvalue weighted by Gasteiger charge is 2.09. The van der Waals surface area contributed by atoms with E-state index in [9.17, 15) is 4.79 Å². The molecule has 15 heavy (non-hydrogen) atoms. The van der Waals surface area contributed by atoms with Crippen molar-refractivity contribution < 1.29 is 19.4 Å². The molecule has 0 saturated carbocycles. The van der Waals surface area contributed by atoms with Crippen molar-refractivity contribution in [2.24, 2.45) is 0 Å². The van der Waals surface area contributed by atoms with Gasteiger partial charge in [-0.1, -0.05) is 0 Å². The number of nitrogens with one attached hydrogen (secondary N) is 1. The van der Waals surface area contributed by atoms with Crippen LogP contribution in [0.2, 0.25) is 0 Å². The van der Waals surface area contributed by atoms with E-state index >= 15 is 0 Å². The molecule has 1 unspecified atom stereocenters. The molecular formula is C10H15NO4. The van der Waals surface area contributed by atoms with Gasteiger partial charge in [0.15, 0.2) is 0 Å². The fraction of sp³-hybridized carbons (Fsp3) is 0.500. The minimum Gasteiger partial charge on any atom is -0.475 e. The van der Waals surface area contributed by atoms with Crippen LogP contribution >= 0.6 is 0 Å². The first kappa shape index (κ1) is 11.7. The monoisotopic (exact) mass is 213 g/mol. The highest BCUT2D eigenvalue weighted by Crippen LogP contribution is 2.07. The summed E-state index contributed by atoms with van der Waals surface area (Å²) in [5.41, 5.74) is 0. The molecule has 3 N–H and O–H groups in total. The maximum Gasteiger partial charge on any atom is 0.371 e. The lowest BCUT2D eigenvalue weighted by Gasteiger charge is -2.10. The van der Waals surface area contributed by atoms with Gasteiger partial charge in [0, 0.05) is 12.6 Å². The van der Waals surface area contributed by atoms with Gasteiger partial charge in [-0.05, 0) is 25.5 Å². The van der Waals surface area contributed by atoms with Crippen LogP contribution in [0.3, 0.4) is 0 Å². The summed E-state index contributed by atoms with van der Waals surface area (Å²) in [6.07, 6.45) is 0.659. The number of carbonyl (C=O) groups is 1. The van der Waals surface area contributed by atoms with E-state index in [1.54, 1.807) is 6.07 Å². The normalized spacial score (nSPS) is 12.7. The maximum atomic E-state index is 10.5. The molecule has 0 aliphatic carbocycles. The van der Waals surface area contributed by atoms with Gasteiger partial charge in [0.2, 0.25) is 5.76 Å². The summed E-state index contributed by atoms with van der Waals surface area (Å²) in [6.45, 7) is 2.54. The summed E-state index contributed by atoms with van der Waals surface area (Å²) in [5.74, 6) is -0.538. The first-order valence-electron chi connectivity index (χ1n) is 4.79. The summed E-state index contributed by atoms with van der Waals surface area (Å²) in [6, 6.07) is 3.23. The molecule has 0 amide bonds. The van der Waals surface area contributed by atoms with Crippen LogP contribution in [-0.4, -0.2) is 28.8 Å². The number of aromatic carboxylic acids is 1. The van der Waals surface area contributed by atoms with Gasteiger partial charge in [0.1, 0.15) is 5.76 Å². The molecule has 1 aromatic rings. The van der Waals surface area contributed by atoms with Crippen molar-refractivity contribution >= 4 is 5.97 Å². The van der Waals surface area contributed by atoms with E-state index in [0.717, 1.165) is 0 Å². The Balaban J connectivity index is 2.40. The van der Waals surface area contributed by atoms with Crippen molar-refractivity contribution in [2.45, 2.75) is 25.9 Å². The van der Waals surface area contributed by atoms with Gasteiger partial charge >= 0.3 is 5.97 Å². The Bertz CT molecular complexity index is 321. The van der Waals surface area contributed by atoms with Gasteiger partial charge in [0.05, 0.1) is 6.54 Å². The number of hydrogen-bond acceptors (Lipinski definition) is 4. The van der Waals surface area contributed by atoms with E-state index in [4.69, 9.17) is 14.6 Å². The highest BCUT2D eigenvalue weighted by molar-refractivity contribution is 5.84. The molecule has 0 radical (unpaired) electrons. The average Bonchev–Trinajstić information content (AvgIpc) is 2.63. The van der Waals surface area contributed by atoms with E-state index in [-0.39, 0.29) is 18.4 Å². The van der Waals surface area contributed by atoms with E-state index in [1.807, 2.05) is 6.92 Å². The van der Waals surface area contributed by atoms with Crippen LogP contribution < -0.4 is 5.32 Å². The van der Waals surface area contributed by atoms with E-state index in [1.165, 1.54) is 6.07 Å². The molecular weight excluding hydrogens is 198 g/mol. The molecule has 0 aromatic carbocycles. The Morgan fingerprint density at radius 2 is 2.33 bits per heavy atom. The van der Waals surface area contributed by atoms with Crippen LogP contribution in [0, 0.1) is 0 Å².